The quantitative estimate of drug-likeness (QED) is 0.773. The second-order valence-electron chi connectivity index (χ2n) is 4.50. The van der Waals surface area contributed by atoms with Crippen LogP contribution in [0.2, 0.25) is 0 Å². The lowest BCUT2D eigenvalue weighted by molar-refractivity contribution is 0.432. The maximum Gasteiger partial charge on any atom is 0.165 e. The molecule has 3 aromatic rings. The zero-order chi connectivity index (χ0) is 14.7. The number of halogens is 1. The van der Waals surface area contributed by atoms with Crippen molar-refractivity contribution in [3.8, 4) is 11.4 Å². The van der Waals surface area contributed by atoms with Crippen LogP contribution in [0.15, 0.2) is 54.9 Å². The van der Waals surface area contributed by atoms with Crippen LogP contribution < -0.4 is 5.32 Å². The molecule has 6 heteroatoms. The molecule has 2 aromatic carbocycles. The van der Waals surface area contributed by atoms with Gasteiger partial charge in [-0.1, -0.05) is 6.07 Å². The van der Waals surface area contributed by atoms with Crippen LogP contribution in [-0.2, 0) is 6.54 Å². The van der Waals surface area contributed by atoms with Crippen LogP contribution in [-0.4, -0.2) is 20.1 Å². The van der Waals surface area contributed by atoms with Crippen molar-refractivity contribution >= 4 is 5.69 Å². The molecule has 1 aromatic heterocycles. The van der Waals surface area contributed by atoms with Gasteiger partial charge >= 0.3 is 0 Å². The Morgan fingerprint density at radius 2 is 1.76 bits per heavy atom. The predicted octanol–water partition coefficient (Wildman–Crippen LogP) is 2.72. The molecule has 2 N–H and O–H groups in total. The van der Waals surface area contributed by atoms with E-state index in [0.29, 0.717) is 6.54 Å². The number of nitrogens with one attached hydrogen (secondary N) is 1. The molecule has 0 atom stereocenters. The van der Waals surface area contributed by atoms with E-state index in [2.05, 4.69) is 15.5 Å². The topological polar surface area (TPSA) is 63.0 Å². The molecule has 3 rings (SSSR count). The molecule has 0 saturated heterocycles. The molecule has 0 fully saturated rings. The van der Waals surface area contributed by atoms with E-state index >= 15 is 0 Å². The van der Waals surface area contributed by atoms with Crippen molar-refractivity contribution < 1.29 is 9.50 Å². The smallest absolute Gasteiger partial charge is 0.165 e. The lowest BCUT2D eigenvalue weighted by atomic mass is 10.2. The van der Waals surface area contributed by atoms with Crippen molar-refractivity contribution in [3.05, 3.63) is 66.2 Å². The van der Waals surface area contributed by atoms with Gasteiger partial charge in [0, 0.05) is 12.2 Å². The minimum atomic E-state index is -0.616. The van der Waals surface area contributed by atoms with E-state index < -0.39 is 5.82 Å². The molecule has 0 saturated carbocycles. The highest BCUT2D eigenvalue weighted by Crippen LogP contribution is 2.18. The Morgan fingerprint density at radius 1 is 1.05 bits per heavy atom. The summed E-state index contributed by atoms with van der Waals surface area (Å²) < 4.78 is 13.2. The molecule has 0 aliphatic heterocycles. The highest BCUT2D eigenvalue weighted by molar-refractivity contribution is 5.48. The number of aromatic hydroxyl groups is 1. The van der Waals surface area contributed by atoms with Crippen molar-refractivity contribution in [2.24, 2.45) is 0 Å². The first kappa shape index (κ1) is 13.1. The molecule has 5 nitrogen and oxygen atoms in total. The van der Waals surface area contributed by atoms with Gasteiger partial charge in [-0.15, -0.1) is 0 Å². The van der Waals surface area contributed by atoms with Gasteiger partial charge < -0.3 is 10.4 Å². The molecule has 0 amide bonds. The van der Waals surface area contributed by atoms with Crippen molar-refractivity contribution in [1.29, 1.82) is 0 Å². The van der Waals surface area contributed by atoms with E-state index in [0.717, 1.165) is 16.9 Å². The second-order valence-corrected chi connectivity index (χ2v) is 4.50. The summed E-state index contributed by atoms with van der Waals surface area (Å²) >= 11 is 0. The fourth-order valence-corrected chi connectivity index (χ4v) is 1.93. The Kier molecular flexibility index (Phi) is 3.51. The molecule has 1 heterocycles. The van der Waals surface area contributed by atoms with Gasteiger partial charge in [0.1, 0.15) is 0 Å². The minimum Gasteiger partial charge on any atom is -0.505 e. The molecule has 0 aliphatic carbocycles. The number of phenolic OH excluding ortho intramolecular Hbond substituents is 1. The highest BCUT2D eigenvalue weighted by atomic mass is 19.1. The van der Waals surface area contributed by atoms with Crippen LogP contribution in [0, 0.1) is 5.82 Å². The second kappa shape index (κ2) is 5.62. The van der Waals surface area contributed by atoms with Crippen LogP contribution in [0.25, 0.3) is 5.69 Å². The van der Waals surface area contributed by atoms with Crippen molar-refractivity contribution in [2.75, 3.05) is 5.32 Å². The summed E-state index contributed by atoms with van der Waals surface area (Å²) in [7, 11) is 0. The van der Waals surface area contributed by atoms with Gasteiger partial charge in [-0.2, -0.15) is 15.0 Å². The van der Waals surface area contributed by atoms with E-state index in [1.165, 1.54) is 16.9 Å². The number of hydrogen-bond donors (Lipinski definition) is 2. The van der Waals surface area contributed by atoms with Gasteiger partial charge in [-0.25, -0.2) is 4.39 Å². The number of aromatic nitrogens is 3. The van der Waals surface area contributed by atoms with Gasteiger partial charge in [0.2, 0.25) is 0 Å². The van der Waals surface area contributed by atoms with Gasteiger partial charge in [-0.3, -0.25) is 0 Å². The Labute approximate surface area is 120 Å². The number of nitrogens with zero attached hydrogens (tertiary/aromatic N) is 3. The van der Waals surface area contributed by atoms with Crippen molar-refractivity contribution in [1.82, 2.24) is 15.0 Å². The minimum absolute atomic E-state index is 0.338. The van der Waals surface area contributed by atoms with E-state index in [4.69, 9.17) is 5.11 Å². The molecule has 0 radical (unpaired) electrons. The largest absolute Gasteiger partial charge is 0.505 e. The number of hydrogen-bond acceptors (Lipinski definition) is 4. The Balaban J connectivity index is 1.66. The summed E-state index contributed by atoms with van der Waals surface area (Å²) in [5.41, 5.74) is 2.52. The third kappa shape index (κ3) is 3.00. The molecular weight excluding hydrogens is 271 g/mol. The van der Waals surface area contributed by atoms with Crippen LogP contribution in [0.4, 0.5) is 10.1 Å². The first-order valence-corrected chi connectivity index (χ1v) is 6.40. The summed E-state index contributed by atoms with van der Waals surface area (Å²) in [4.78, 5) is 1.53. The fraction of sp³-hybridized carbons (Fsp3) is 0.0667. The Bertz CT molecular complexity index is 726. The summed E-state index contributed by atoms with van der Waals surface area (Å²) in [6.07, 6.45) is 3.23. The molecule has 106 valence electrons. The molecule has 0 bridgehead atoms. The lowest BCUT2D eigenvalue weighted by Gasteiger charge is -2.08. The number of rotatable bonds is 4. The standard InChI is InChI=1S/C15H13FN4O/c16-14-9-11(1-6-15(14)21)10-17-12-2-4-13(5-3-12)20-18-7-8-19-20/h1-9,17,21H,10H2. The summed E-state index contributed by atoms with van der Waals surface area (Å²) in [5.74, 6) is -0.954. The van der Waals surface area contributed by atoms with Crippen LogP contribution in [0.3, 0.4) is 0 Å². The zero-order valence-electron chi connectivity index (χ0n) is 11.1. The van der Waals surface area contributed by atoms with E-state index in [1.807, 2.05) is 24.3 Å². The monoisotopic (exact) mass is 284 g/mol. The summed E-state index contributed by atoms with van der Waals surface area (Å²) in [6, 6.07) is 11.9. The number of anilines is 1. The first-order chi connectivity index (χ1) is 10.2. The maximum absolute atomic E-state index is 13.2. The molecule has 0 spiro atoms. The molecule has 0 unspecified atom stereocenters. The van der Waals surface area contributed by atoms with Crippen molar-refractivity contribution in [2.45, 2.75) is 6.54 Å². The first-order valence-electron chi connectivity index (χ1n) is 6.40. The average Bonchev–Trinajstić information content (AvgIpc) is 3.03. The summed E-state index contributed by atoms with van der Waals surface area (Å²) in [6.45, 7) is 0.469. The highest BCUT2D eigenvalue weighted by Gasteiger charge is 2.02. The Morgan fingerprint density at radius 3 is 2.43 bits per heavy atom. The SMILES string of the molecule is Oc1ccc(CNc2ccc(-n3nccn3)cc2)cc1F. The van der Waals surface area contributed by atoms with Gasteiger partial charge in [0.25, 0.3) is 0 Å². The van der Waals surface area contributed by atoms with Gasteiger partial charge in [0.05, 0.1) is 18.1 Å². The van der Waals surface area contributed by atoms with Gasteiger partial charge in [-0.05, 0) is 42.0 Å². The molecular formula is C15H13FN4O. The molecule has 21 heavy (non-hydrogen) atoms. The normalized spacial score (nSPS) is 10.5. The van der Waals surface area contributed by atoms with Crippen LogP contribution in [0.5, 0.6) is 5.75 Å². The Hall–Kier alpha value is -2.89. The predicted molar refractivity (Wildman–Crippen MR) is 76.8 cm³/mol. The van der Waals surface area contributed by atoms with Crippen molar-refractivity contribution in [3.63, 3.8) is 0 Å². The van der Waals surface area contributed by atoms with Crippen LogP contribution >= 0.6 is 0 Å². The maximum atomic E-state index is 13.2. The van der Waals surface area contributed by atoms with Crippen LogP contribution in [0.1, 0.15) is 5.56 Å². The third-order valence-corrected chi connectivity index (χ3v) is 3.03. The van der Waals surface area contributed by atoms with E-state index in [1.54, 1.807) is 18.5 Å². The average molecular weight is 284 g/mol. The summed E-state index contributed by atoms with van der Waals surface area (Å²) in [5, 5.41) is 20.4. The zero-order valence-corrected chi connectivity index (χ0v) is 11.1. The fourth-order valence-electron chi connectivity index (χ4n) is 1.93. The molecule has 0 aliphatic rings. The number of phenols is 1. The van der Waals surface area contributed by atoms with E-state index in [-0.39, 0.29) is 5.75 Å². The van der Waals surface area contributed by atoms with E-state index in [9.17, 15) is 4.39 Å². The third-order valence-electron chi connectivity index (χ3n) is 3.03. The number of benzene rings is 2. The van der Waals surface area contributed by atoms with Gasteiger partial charge in [0.15, 0.2) is 11.6 Å². The lowest BCUT2D eigenvalue weighted by Crippen LogP contribution is -2.01.